The summed E-state index contributed by atoms with van der Waals surface area (Å²) in [5.41, 5.74) is 3.84. The van der Waals surface area contributed by atoms with Gasteiger partial charge in [0.05, 0.1) is 11.5 Å². The molecule has 8 heteroatoms. The third-order valence-corrected chi connectivity index (χ3v) is 5.43. The average Bonchev–Trinajstić information content (AvgIpc) is 2.91. The largest absolute Gasteiger partial charge is 0.494 e. The number of hydrazine groups is 1. The van der Waals surface area contributed by atoms with Crippen molar-refractivity contribution < 1.29 is 14.3 Å². The minimum absolute atomic E-state index is 0.280. The summed E-state index contributed by atoms with van der Waals surface area (Å²) in [6, 6.07) is 14.2. The number of nitrogens with one attached hydrogen (secondary N) is 1. The lowest BCUT2D eigenvalue weighted by atomic mass is 10.2. The lowest BCUT2D eigenvalue weighted by Gasteiger charge is -2.15. The fraction of sp³-hybridized carbons (Fsp3) is 0.105. The van der Waals surface area contributed by atoms with Gasteiger partial charge >= 0.3 is 0 Å². The normalized spacial score (nSPS) is 15.3. The average molecular weight is 463 g/mol. The van der Waals surface area contributed by atoms with E-state index in [1.807, 2.05) is 31.2 Å². The first-order valence-electron chi connectivity index (χ1n) is 8.05. The van der Waals surface area contributed by atoms with Crippen LogP contribution in [0.4, 0.5) is 0 Å². The number of thioether (sulfide) groups is 1. The fourth-order valence-electron chi connectivity index (χ4n) is 2.31. The number of thiocarbonyl (C=S) groups is 1. The van der Waals surface area contributed by atoms with Gasteiger partial charge in [0, 0.05) is 10.0 Å². The molecular weight excluding hydrogens is 448 g/mol. The summed E-state index contributed by atoms with van der Waals surface area (Å²) in [5, 5.41) is 1.10. The van der Waals surface area contributed by atoms with Crippen LogP contribution in [0.2, 0.25) is 0 Å². The highest BCUT2D eigenvalue weighted by Crippen LogP contribution is 2.31. The molecule has 27 heavy (non-hydrogen) atoms. The van der Waals surface area contributed by atoms with Crippen molar-refractivity contribution in [2.45, 2.75) is 6.92 Å². The molecule has 0 atom stereocenters. The summed E-state index contributed by atoms with van der Waals surface area (Å²) in [7, 11) is 0. The van der Waals surface area contributed by atoms with E-state index in [4.69, 9.17) is 17.0 Å². The van der Waals surface area contributed by atoms with Crippen molar-refractivity contribution in [1.29, 1.82) is 0 Å². The summed E-state index contributed by atoms with van der Waals surface area (Å²) < 4.78 is 6.55. The van der Waals surface area contributed by atoms with E-state index < -0.39 is 5.91 Å². The fourth-order valence-corrected chi connectivity index (χ4v) is 3.75. The van der Waals surface area contributed by atoms with Gasteiger partial charge in [-0.1, -0.05) is 39.8 Å². The van der Waals surface area contributed by atoms with Gasteiger partial charge in [0.25, 0.3) is 11.8 Å². The van der Waals surface area contributed by atoms with Crippen molar-refractivity contribution in [3.8, 4) is 5.75 Å². The number of benzene rings is 2. The first-order chi connectivity index (χ1) is 13.0. The Morgan fingerprint density at radius 2 is 1.89 bits per heavy atom. The van der Waals surface area contributed by atoms with Crippen molar-refractivity contribution >= 4 is 62.1 Å². The Bertz CT molecular complexity index is 912. The van der Waals surface area contributed by atoms with Gasteiger partial charge in [-0.25, -0.2) is 0 Å². The SMILES string of the molecule is CCOc1ccc(/C=C2\SC(=S)N(NC(=O)c3ccc(Br)cc3)C2=O)cc1. The van der Waals surface area contributed by atoms with Crippen LogP contribution in [0, 0.1) is 0 Å². The molecule has 0 bridgehead atoms. The van der Waals surface area contributed by atoms with E-state index in [0.717, 1.165) is 32.6 Å². The van der Waals surface area contributed by atoms with Crippen LogP contribution in [0.1, 0.15) is 22.8 Å². The molecule has 1 aliphatic rings. The van der Waals surface area contributed by atoms with Gasteiger partial charge in [-0.2, -0.15) is 5.01 Å². The van der Waals surface area contributed by atoms with E-state index in [-0.39, 0.29) is 10.2 Å². The molecule has 1 saturated heterocycles. The quantitative estimate of drug-likeness (QED) is 0.527. The Balaban J connectivity index is 1.72. The Morgan fingerprint density at radius 1 is 1.22 bits per heavy atom. The second-order valence-electron chi connectivity index (χ2n) is 5.47. The van der Waals surface area contributed by atoms with Crippen molar-refractivity contribution in [2.24, 2.45) is 0 Å². The van der Waals surface area contributed by atoms with Crippen LogP contribution >= 0.6 is 39.9 Å². The smallest absolute Gasteiger partial charge is 0.285 e. The zero-order chi connectivity index (χ0) is 19.4. The number of carbonyl (C=O) groups excluding carboxylic acids is 2. The lowest BCUT2D eigenvalue weighted by molar-refractivity contribution is -0.123. The van der Waals surface area contributed by atoms with E-state index in [1.54, 1.807) is 30.3 Å². The zero-order valence-electron chi connectivity index (χ0n) is 14.3. The minimum atomic E-state index is -0.402. The molecule has 0 unspecified atom stereocenters. The predicted octanol–water partition coefficient (Wildman–Crippen LogP) is 4.39. The Morgan fingerprint density at radius 3 is 2.52 bits per heavy atom. The summed E-state index contributed by atoms with van der Waals surface area (Å²) >= 11 is 9.71. The van der Waals surface area contributed by atoms with Gasteiger partial charge in [-0.3, -0.25) is 15.0 Å². The van der Waals surface area contributed by atoms with Crippen LogP contribution in [0.25, 0.3) is 6.08 Å². The number of amides is 2. The lowest BCUT2D eigenvalue weighted by Crippen LogP contribution is -2.44. The van der Waals surface area contributed by atoms with E-state index in [9.17, 15) is 9.59 Å². The second kappa shape index (κ2) is 8.69. The Labute approximate surface area is 174 Å². The zero-order valence-corrected chi connectivity index (χ0v) is 17.5. The van der Waals surface area contributed by atoms with Crippen LogP contribution in [0.3, 0.4) is 0 Å². The predicted molar refractivity (Wildman–Crippen MR) is 114 cm³/mol. The Kier molecular flexibility index (Phi) is 6.30. The van der Waals surface area contributed by atoms with Crippen LogP contribution < -0.4 is 10.2 Å². The minimum Gasteiger partial charge on any atom is -0.494 e. The number of halogens is 1. The summed E-state index contributed by atoms with van der Waals surface area (Å²) in [5.74, 6) is 0.00873. The first-order valence-corrected chi connectivity index (χ1v) is 10.1. The van der Waals surface area contributed by atoms with Crippen molar-refractivity contribution in [1.82, 2.24) is 10.4 Å². The van der Waals surface area contributed by atoms with E-state index >= 15 is 0 Å². The number of hydrogen-bond donors (Lipinski definition) is 1. The first kappa shape index (κ1) is 19.6. The highest BCUT2D eigenvalue weighted by atomic mass is 79.9. The highest BCUT2D eigenvalue weighted by molar-refractivity contribution is 9.10. The molecule has 3 rings (SSSR count). The molecule has 0 spiro atoms. The number of hydrogen-bond acceptors (Lipinski definition) is 5. The summed E-state index contributed by atoms with van der Waals surface area (Å²) in [6.07, 6.45) is 1.74. The van der Waals surface area contributed by atoms with Crippen LogP contribution in [0.5, 0.6) is 5.75 Å². The molecule has 0 radical (unpaired) electrons. The van der Waals surface area contributed by atoms with Crippen LogP contribution in [-0.2, 0) is 4.79 Å². The van der Waals surface area contributed by atoms with E-state index in [1.165, 1.54) is 0 Å². The van der Waals surface area contributed by atoms with Crippen molar-refractivity contribution in [2.75, 3.05) is 6.61 Å². The standard InChI is InChI=1S/C19H15BrN2O3S2/c1-2-25-15-9-3-12(4-10-15)11-16-18(24)22(19(26)27-16)21-17(23)13-5-7-14(20)8-6-13/h3-11H,2H2,1H3,(H,21,23)/b16-11-. The molecule has 2 aromatic rings. The van der Waals surface area contributed by atoms with Gasteiger partial charge in [0.2, 0.25) is 0 Å². The molecule has 138 valence electrons. The summed E-state index contributed by atoms with van der Waals surface area (Å²) in [4.78, 5) is 25.4. The molecule has 2 aromatic carbocycles. The van der Waals surface area contributed by atoms with Gasteiger partial charge < -0.3 is 4.74 Å². The third-order valence-electron chi connectivity index (χ3n) is 3.60. The van der Waals surface area contributed by atoms with Crippen LogP contribution in [-0.4, -0.2) is 27.8 Å². The van der Waals surface area contributed by atoms with E-state index in [2.05, 4.69) is 21.4 Å². The maximum atomic E-state index is 12.6. The number of carbonyl (C=O) groups is 2. The maximum absolute atomic E-state index is 12.6. The van der Waals surface area contributed by atoms with E-state index in [0.29, 0.717) is 17.1 Å². The Hall–Kier alpha value is -2.16. The number of ether oxygens (including phenoxy) is 1. The molecular formula is C19H15BrN2O3S2. The maximum Gasteiger partial charge on any atom is 0.285 e. The molecule has 0 saturated carbocycles. The van der Waals surface area contributed by atoms with Crippen LogP contribution in [0.15, 0.2) is 57.9 Å². The number of nitrogens with zero attached hydrogens (tertiary/aromatic N) is 1. The molecule has 5 nitrogen and oxygen atoms in total. The van der Waals surface area contributed by atoms with Crippen molar-refractivity contribution in [3.63, 3.8) is 0 Å². The molecule has 1 N–H and O–H groups in total. The number of rotatable bonds is 5. The topological polar surface area (TPSA) is 58.6 Å². The highest BCUT2D eigenvalue weighted by Gasteiger charge is 2.33. The second-order valence-corrected chi connectivity index (χ2v) is 8.06. The molecule has 1 aliphatic heterocycles. The monoisotopic (exact) mass is 462 g/mol. The van der Waals surface area contributed by atoms with Gasteiger partial charge in [0.1, 0.15) is 5.75 Å². The molecule has 0 aliphatic carbocycles. The summed E-state index contributed by atoms with van der Waals surface area (Å²) in [6.45, 7) is 2.51. The van der Waals surface area contributed by atoms with Crippen molar-refractivity contribution in [3.05, 3.63) is 69.0 Å². The molecule has 2 amide bonds. The van der Waals surface area contributed by atoms with Gasteiger partial charge in [-0.05, 0) is 67.2 Å². The molecule has 1 heterocycles. The molecule has 1 fully saturated rings. The van der Waals surface area contributed by atoms with Gasteiger partial charge in [-0.15, -0.1) is 0 Å². The molecule has 0 aromatic heterocycles. The third kappa shape index (κ3) is 4.77. The van der Waals surface area contributed by atoms with Gasteiger partial charge in [0.15, 0.2) is 4.32 Å².